The van der Waals surface area contributed by atoms with Crippen LogP contribution in [0.3, 0.4) is 0 Å². The van der Waals surface area contributed by atoms with Crippen LogP contribution in [0.15, 0.2) is 72.3 Å². The molecule has 2 aromatic carbocycles. The highest BCUT2D eigenvalue weighted by molar-refractivity contribution is 6.80. The molecule has 1 nitrogen and oxygen atoms in total. The van der Waals surface area contributed by atoms with E-state index in [4.69, 9.17) is 4.43 Å². The van der Waals surface area contributed by atoms with Crippen molar-refractivity contribution in [3.8, 4) is 0 Å². The number of benzene rings is 2. The van der Waals surface area contributed by atoms with E-state index in [1.807, 2.05) is 12.1 Å². The van der Waals surface area contributed by atoms with Gasteiger partial charge in [-0.1, -0.05) is 72.3 Å². The molecule has 0 aromatic heterocycles. The smallest absolute Gasteiger partial charge is 0.283 e. The van der Waals surface area contributed by atoms with E-state index in [-0.39, 0.29) is 0 Å². The Morgan fingerprint density at radius 2 is 1.37 bits per heavy atom. The number of rotatable bonds is 5. The summed E-state index contributed by atoms with van der Waals surface area (Å²) >= 11 is 0. The van der Waals surface area contributed by atoms with Gasteiger partial charge in [0.05, 0.1) is 6.61 Å². The van der Waals surface area contributed by atoms with Gasteiger partial charge in [0.15, 0.2) is 0 Å². The summed E-state index contributed by atoms with van der Waals surface area (Å²) in [6, 6.07) is 21.0. The zero-order chi connectivity index (χ0) is 13.5. The first-order chi connectivity index (χ1) is 9.27. The molecule has 2 rings (SSSR count). The lowest BCUT2D eigenvalue weighted by atomic mass is 10.3. The highest BCUT2D eigenvalue weighted by Gasteiger charge is 2.18. The Labute approximate surface area is 117 Å². The van der Waals surface area contributed by atoms with Crippen LogP contribution in [0.1, 0.15) is 13.8 Å². The fraction of sp³-hybridized carbons (Fsp3) is 0.176. The second-order valence-corrected chi connectivity index (χ2v) is 6.76. The molecule has 0 atom stereocenters. The molecule has 0 amide bonds. The standard InChI is InChI=1S/C17H19OSi/c1-15(2)13-14-18-19(16-9-5-3-6-10-16)17-11-7-4-8-12-17/h3-13H,14H2,1-2H3. The van der Waals surface area contributed by atoms with Crippen molar-refractivity contribution in [2.45, 2.75) is 13.8 Å². The first-order valence-electron chi connectivity index (χ1n) is 6.51. The maximum absolute atomic E-state index is 6.15. The quantitative estimate of drug-likeness (QED) is 0.598. The van der Waals surface area contributed by atoms with Gasteiger partial charge in [-0.3, -0.25) is 0 Å². The molecule has 0 unspecified atom stereocenters. The van der Waals surface area contributed by atoms with Gasteiger partial charge in [0, 0.05) is 0 Å². The molecule has 97 valence electrons. The summed E-state index contributed by atoms with van der Waals surface area (Å²) < 4.78 is 6.15. The molecule has 0 saturated carbocycles. The van der Waals surface area contributed by atoms with Gasteiger partial charge in [-0.25, -0.2) is 0 Å². The molecule has 0 aliphatic heterocycles. The van der Waals surface area contributed by atoms with Crippen molar-refractivity contribution in [3.05, 3.63) is 72.3 Å². The van der Waals surface area contributed by atoms with Crippen LogP contribution in [0.2, 0.25) is 0 Å². The average molecular weight is 267 g/mol. The van der Waals surface area contributed by atoms with E-state index in [9.17, 15) is 0 Å². The zero-order valence-electron chi connectivity index (χ0n) is 11.5. The van der Waals surface area contributed by atoms with Gasteiger partial charge < -0.3 is 4.43 Å². The van der Waals surface area contributed by atoms with Crippen molar-refractivity contribution >= 4 is 19.4 Å². The second kappa shape index (κ2) is 7.07. The largest absolute Gasteiger partial charge is 0.404 e. The maximum Gasteiger partial charge on any atom is 0.283 e. The van der Waals surface area contributed by atoms with Gasteiger partial charge in [0.2, 0.25) is 0 Å². The van der Waals surface area contributed by atoms with Crippen LogP contribution >= 0.6 is 0 Å². The van der Waals surface area contributed by atoms with Gasteiger partial charge in [-0.15, -0.1) is 0 Å². The minimum Gasteiger partial charge on any atom is -0.404 e. The van der Waals surface area contributed by atoms with Crippen LogP contribution in [-0.4, -0.2) is 15.6 Å². The van der Waals surface area contributed by atoms with Crippen molar-refractivity contribution in [2.75, 3.05) is 6.61 Å². The van der Waals surface area contributed by atoms with Crippen molar-refractivity contribution in [1.82, 2.24) is 0 Å². The third-order valence-corrected chi connectivity index (χ3v) is 4.96. The summed E-state index contributed by atoms with van der Waals surface area (Å²) in [5.41, 5.74) is 1.29. The molecular formula is C17H19OSi. The predicted molar refractivity (Wildman–Crippen MR) is 83.3 cm³/mol. The second-order valence-electron chi connectivity index (χ2n) is 4.65. The molecule has 1 radical (unpaired) electrons. The molecule has 0 fully saturated rings. The van der Waals surface area contributed by atoms with Crippen LogP contribution in [0.4, 0.5) is 0 Å². The normalized spacial score (nSPS) is 10.5. The van der Waals surface area contributed by atoms with Crippen molar-refractivity contribution < 1.29 is 4.43 Å². The minimum absolute atomic E-state index is 0.681. The van der Waals surface area contributed by atoms with Gasteiger partial charge in [-0.2, -0.15) is 0 Å². The van der Waals surface area contributed by atoms with Gasteiger partial charge in [0.25, 0.3) is 9.04 Å². The van der Waals surface area contributed by atoms with E-state index >= 15 is 0 Å². The van der Waals surface area contributed by atoms with Gasteiger partial charge in [-0.05, 0) is 24.2 Å². The first-order valence-corrected chi connectivity index (χ1v) is 7.92. The summed E-state index contributed by atoms with van der Waals surface area (Å²) in [6.07, 6.45) is 2.14. The lowest BCUT2D eigenvalue weighted by Gasteiger charge is -2.15. The summed E-state index contributed by atoms with van der Waals surface area (Å²) in [6.45, 7) is 4.88. The van der Waals surface area contributed by atoms with Crippen molar-refractivity contribution in [1.29, 1.82) is 0 Å². The Hall–Kier alpha value is -1.64. The van der Waals surface area contributed by atoms with E-state index in [1.165, 1.54) is 15.9 Å². The highest BCUT2D eigenvalue weighted by atomic mass is 28.3. The molecule has 0 aliphatic rings. The number of hydrogen-bond donors (Lipinski definition) is 0. The van der Waals surface area contributed by atoms with Crippen molar-refractivity contribution in [3.63, 3.8) is 0 Å². The van der Waals surface area contributed by atoms with E-state index in [0.717, 1.165) is 0 Å². The van der Waals surface area contributed by atoms with E-state index < -0.39 is 9.04 Å². The van der Waals surface area contributed by atoms with Crippen LogP contribution in [0, 0.1) is 0 Å². The molecule has 0 saturated heterocycles. The highest BCUT2D eigenvalue weighted by Crippen LogP contribution is 1.96. The predicted octanol–water partition coefficient (Wildman–Crippen LogP) is 2.78. The van der Waals surface area contributed by atoms with E-state index in [1.54, 1.807) is 0 Å². The minimum atomic E-state index is -1.14. The molecule has 2 aromatic rings. The van der Waals surface area contributed by atoms with Crippen LogP contribution in [0.25, 0.3) is 0 Å². The molecular weight excluding hydrogens is 248 g/mol. The fourth-order valence-electron chi connectivity index (χ4n) is 1.80. The zero-order valence-corrected chi connectivity index (χ0v) is 12.5. The molecule has 0 aliphatic carbocycles. The summed E-state index contributed by atoms with van der Waals surface area (Å²) in [5, 5.41) is 2.58. The lowest BCUT2D eigenvalue weighted by Crippen LogP contribution is -2.44. The number of hydrogen-bond acceptors (Lipinski definition) is 1. The molecule has 0 spiro atoms. The molecule has 2 heteroatoms. The topological polar surface area (TPSA) is 9.23 Å². The Morgan fingerprint density at radius 1 is 0.895 bits per heavy atom. The Balaban J connectivity index is 2.21. The Kier molecular flexibility index (Phi) is 5.13. The Morgan fingerprint density at radius 3 is 1.79 bits per heavy atom. The van der Waals surface area contributed by atoms with Crippen LogP contribution < -0.4 is 10.4 Å². The Bertz CT molecular complexity index is 476. The van der Waals surface area contributed by atoms with Crippen molar-refractivity contribution in [2.24, 2.45) is 0 Å². The van der Waals surface area contributed by atoms with Gasteiger partial charge in [0.1, 0.15) is 0 Å². The third-order valence-electron chi connectivity index (χ3n) is 2.79. The number of allylic oxidation sites excluding steroid dienone is 1. The third kappa shape index (κ3) is 4.19. The van der Waals surface area contributed by atoms with Crippen LogP contribution in [0.5, 0.6) is 0 Å². The molecule has 0 N–H and O–H groups in total. The summed E-state index contributed by atoms with van der Waals surface area (Å²) in [4.78, 5) is 0. The summed E-state index contributed by atoms with van der Waals surface area (Å²) in [7, 11) is -1.14. The average Bonchev–Trinajstić information content (AvgIpc) is 2.45. The van der Waals surface area contributed by atoms with Crippen LogP contribution in [-0.2, 0) is 4.43 Å². The fourth-order valence-corrected chi connectivity index (χ4v) is 3.71. The molecule has 0 bridgehead atoms. The first kappa shape index (κ1) is 13.8. The van der Waals surface area contributed by atoms with E-state index in [0.29, 0.717) is 6.61 Å². The molecule has 19 heavy (non-hydrogen) atoms. The lowest BCUT2D eigenvalue weighted by molar-refractivity contribution is 0.381. The van der Waals surface area contributed by atoms with E-state index in [2.05, 4.69) is 68.5 Å². The monoisotopic (exact) mass is 267 g/mol. The molecule has 0 heterocycles. The maximum atomic E-state index is 6.15. The SMILES string of the molecule is CC(C)=CCO[Si](c1ccccc1)c1ccccc1. The summed E-state index contributed by atoms with van der Waals surface area (Å²) in [5.74, 6) is 0. The van der Waals surface area contributed by atoms with Gasteiger partial charge >= 0.3 is 0 Å².